The second-order valence-corrected chi connectivity index (χ2v) is 8.22. The highest BCUT2D eigenvalue weighted by Gasteiger charge is 2.36. The molecule has 0 aliphatic carbocycles. The zero-order chi connectivity index (χ0) is 17.3. The third kappa shape index (κ3) is 3.50. The van der Waals surface area contributed by atoms with Crippen LogP contribution >= 0.6 is 0 Å². The maximum Gasteiger partial charge on any atom is 0.242 e. The van der Waals surface area contributed by atoms with Gasteiger partial charge in [-0.3, -0.25) is 4.79 Å². The van der Waals surface area contributed by atoms with Crippen molar-refractivity contribution in [3.63, 3.8) is 0 Å². The molecule has 0 unspecified atom stereocenters. The first-order valence-corrected chi connectivity index (χ1v) is 9.17. The molecule has 2 aliphatic rings. The van der Waals surface area contributed by atoms with Crippen LogP contribution in [-0.4, -0.2) is 47.7 Å². The maximum atomic E-state index is 12.6. The van der Waals surface area contributed by atoms with Crippen LogP contribution in [0.25, 0.3) is 0 Å². The van der Waals surface area contributed by atoms with Crippen LogP contribution in [0.3, 0.4) is 0 Å². The molecule has 24 heavy (non-hydrogen) atoms. The van der Waals surface area contributed by atoms with Crippen LogP contribution in [0.5, 0.6) is 0 Å². The monoisotopic (exact) mass is 330 g/mol. The van der Waals surface area contributed by atoms with Crippen LogP contribution in [0.4, 0.5) is 0 Å². The summed E-state index contributed by atoms with van der Waals surface area (Å²) in [5, 5.41) is 13.1. The van der Waals surface area contributed by atoms with E-state index in [1.54, 1.807) is 0 Å². The van der Waals surface area contributed by atoms with Gasteiger partial charge in [-0.15, -0.1) is 0 Å². The molecule has 0 aromatic heterocycles. The Balaban J connectivity index is 1.67. The van der Waals surface area contributed by atoms with Crippen molar-refractivity contribution < 1.29 is 9.90 Å². The molecule has 4 nitrogen and oxygen atoms in total. The van der Waals surface area contributed by atoms with Crippen LogP contribution in [0, 0.1) is 0 Å². The Morgan fingerprint density at radius 3 is 2.42 bits per heavy atom. The van der Waals surface area contributed by atoms with Crippen molar-refractivity contribution in [2.45, 2.75) is 63.5 Å². The van der Waals surface area contributed by atoms with E-state index in [0.29, 0.717) is 12.3 Å². The number of likely N-dealkylation sites (tertiary alicyclic amines) is 1. The van der Waals surface area contributed by atoms with Gasteiger partial charge in [0.25, 0.3) is 0 Å². The van der Waals surface area contributed by atoms with E-state index in [1.807, 2.05) is 4.90 Å². The summed E-state index contributed by atoms with van der Waals surface area (Å²) < 4.78 is 0. The summed E-state index contributed by atoms with van der Waals surface area (Å²) in [7, 11) is 0. The number of nitrogens with zero attached hydrogens (tertiary/aromatic N) is 1. The smallest absolute Gasteiger partial charge is 0.242 e. The van der Waals surface area contributed by atoms with Gasteiger partial charge in [0.05, 0.1) is 6.10 Å². The molecule has 2 atom stereocenters. The molecule has 3 rings (SSSR count). The predicted octanol–water partition coefficient (Wildman–Crippen LogP) is 2.41. The van der Waals surface area contributed by atoms with E-state index in [0.717, 1.165) is 32.5 Å². The first kappa shape index (κ1) is 17.4. The van der Waals surface area contributed by atoms with Crippen molar-refractivity contribution >= 4 is 5.91 Å². The number of hydrogen-bond acceptors (Lipinski definition) is 3. The average Bonchev–Trinajstić information content (AvgIpc) is 2.99. The predicted molar refractivity (Wildman–Crippen MR) is 96.1 cm³/mol. The molecule has 0 radical (unpaired) electrons. The summed E-state index contributed by atoms with van der Waals surface area (Å²) in [6.07, 6.45) is 2.15. The van der Waals surface area contributed by atoms with Gasteiger partial charge in [0.15, 0.2) is 0 Å². The van der Waals surface area contributed by atoms with Crippen LogP contribution < -0.4 is 5.32 Å². The summed E-state index contributed by atoms with van der Waals surface area (Å²) in [6, 6.07) is 8.34. The molecule has 2 N–H and O–H groups in total. The second-order valence-electron chi connectivity index (χ2n) is 8.22. The van der Waals surface area contributed by atoms with E-state index in [1.165, 1.54) is 11.1 Å². The fourth-order valence-corrected chi connectivity index (χ4v) is 4.08. The van der Waals surface area contributed by atoms with Crippen LogP contribution in [-0.2, 0) is 10.2 Å². The SMILES string of the molecule is CC(C)(C)c1ccccc1C1CCN(C(=O)[C@H]2NCC[C@@H]2O)CC1. The average molecular weight is 330 g/mol. The third-order valence-corrected chi connectivity index (χ3v) is 5.47. The number of benzene rings is 1. The standard InChI is InChI=1S/C20H30N2O2/c1-20(2,3)16-7-5-4-6-15(16)14-9-12-22(13-10-14)19(24)18-17(23)8-11-21-18/h4-7,14,17-18,21,23H,8-13H2,1-3H3/t17-,18-/m0/s1. The molecule has 2 fully saturated rings. The zero-order valence-electron chi connectivity index (χ0n) is 15.1. The molecular formula is C20H30N2O2. The molecule has 132 valence electrons. The van der Waals surface area contributed by atoms with E-state index in [2.05, 4.69) is 50.4 Å². The third-order valence-electron chi connectivity index (χ3n) is 5.47. The molecule has 1 aromatic rings. The molecule has 2 heterocycles. The summed E-state index contributed by atoms with van der Waals surface area (Å²) in [4.78, 5) is 14.5. The highest BCUT2D eigenvalue weighted by molar-refractivity contribution is 5.83. The van der Waals surface area contributed by atoms with Crippen molar-refractivity contribution in [2.24, 2.45) is 0 Å². The number of piperidine rings is 1. The maximum absolute atomic E-state index is 12.6. The number of hydrogen-bond donors (Lipinski definition) is 2. The summed E-state index contributed by atoms with van der Waals surface area (Å²) in [6.45, 7) is 9.08. The summed E-state index contributed by atoms with van der Waals surface area (Å²) in [5.41, 5.74) is 3.00. The van der Waals surface area contributed by atoms with Gasteiger partial charge >= 0.3 is 0 Å². The van der Waals surface area contributed by atoms with Crippen LogP contribution in [0.15, 0.2) is 24.3 Å². The Morgan fingerprint density at radius 2 is 1.83 bits per heavy atom. The van der Waals surface area contributed by atoms with Gasteiger partial charge < -0.3 is 15.3 Å². The molecule has 0 spiro atoms. The lowest BCUT2D eigenvalue weighted by atomic mass is 9.77. The fourth-order valence-electron chi connectivity index (χ4n) is 4.08. The van der Waals surface area contributed by atoms with E-state index >= 15 is 0 Å². The number of carbonyl (C=O) groups excluding carboxylic acids is 1. The molecule has 1 amide bonds. The van der Waals surface area contributed by atoms with E-state index in [-0.39, 0.29) is 11.3 Å². The van der Waals surface area contributed by atoms with Gasteiger partial charge in [0, 0.05) is 13.1 Å². The molecule has 0 bridgehead atoms. The van der Waals surface area contributed by atoms with Crippen molar-refractivity contribution in [3.05, 3.63) is 35.4 Å². The minimum atomic E-state index is -0.531. The van der Waals surface area contributed by atoms with Gasteiger partial charge in [0.1, 0.15) is 6.04 Å². The Bertz CT molecular complexity index is 586. The number of amides is 1. The molecular weight excluding hydrogens is 300 g/mol. The highest BCUT2D eigenvalue weighted by atomic mass is 16.3. The second kappa shape index (κ2) is 6.85. The van der Waals surface area contributed by atoms with Gasteiger partial charge in [-0.25, -0.2) is 0 Å². The topological polar surface area (TPSA) is 52.6 Å². The van der Waals surface area contributed by atoms with Gasteiger partial charge in [-0.1, -0.05) is 45.0 Å². The Kier molecular flexibility index (Phi) is 4.97. The van der Waals surface area contributed by atoms with Crippen molar-refractivity contribution in [1.29, 1.82) is 0 Å². The number of carbonyl (C=O) groups is 1. The van der Waals surface area contributed by atoms with Crippen molar-refractivity contribution in [2.75, 3.05) is 19.6 Å². The molecule has 1 aromatic carbocycles. The first-order valence-electron chi connectivity index (χ1n) is 9.17. The Labute approximate surface area is 145 Å². The lowest BCUT2D eigenvalue weighted by Gasteiger charge is -2.36. The zero-order valence-corrected chi connectivity index (χ0v) is 15.1. The molecule has 4 heteroatoms. The normalized spacial score (nSPS) is 25.9. The molecule has 0 saturated carbocycles. The lowest BCUT2D eigenvalue weighted by molar-refractivity contribution is -0.136. The summed E-state index contributed by atoms with van der Waals surface area (Å²) in [5.74, 6) is 0.591. The van der Waals surface area contributed by atoms with Crippen molar-refractivity contribution in [3.8, 4) is 0 Å². The van der Waals surface area contributed by atoms with Crippen molar-refractivity contribution in [1.82, 2.24) is 10.2 Å². The Hall–Kier alpha value is -1.39. The number of aliphatic hydroxyl groups excluding tert-OH is 1. The van der Waals surface area contributed by atoms with Gasteiger partial charge in [-0.05, 0) is 48.3 Å². The number of nitrogens with one attached hydrogen (secondary N) is 1. The van der Waals surface area contributed by atoms with Gasteiger partial charge in [-0.2, -0.15) is 0 Å². The first-order chi connectivity index (χ1) is 11.4. The van der Waals surface area contributed by atoms with Crippen LogP contribution in [0.2, 0.25) is 0 Å². The largest absolute Gasteiger partial charge is 0.391 e. The minimum Gasteiger partial charge on any atom is -0.391 e. The summed E-state index contributed by atoms with van der Waals surface area (Å²) >= 11 is 0. The fraction of sp³-hybridized carbons (Fsp3) is 0.650. The van der Waals surface area contributed by atoms with E-state index < -0.39 is 12.1 Å². The quantitative estimate of drug-likeness (QED) is 0.875. The van der Waals surface area contributed by atoms with E-state index in [9.17, 15) is 9.90 Å². The van der Waals surface area contributed by atoms with E-state index in [4.69, 9.17) is 0 Å². The van der Waals surface area contributed by atoms with Gasteiger partial charge in [0.2, 0.25) is 5.91 Å². The lowest BCUT2D eigenvalue weighted by Crippen LogP contribution is -2.50. The Morgan fingerprint density at radius 1 is 1.17 bits per heavy atom. The van der Waals surface area contributed by atoms with Crippen LogP contribution in [0.1, 0.15) is 57.1 Å². The number of aliphatic hydroxyl groups is 1. The molecule has 2 saturated heterocycles. The minimum absolute atomic E-state index is 0.0718. The molecule has 2 aliphatic heterocycles. The number of rotatable bonds is 2. The highest BCUT2D eigenvalue weighted by Crippen LogP contribution is 2.35.